The highest BCUT2D eigenvalue weighted by atomic mass is 79.9. The molecule has 5 heteroatoms. The minimum Gasteiger partial charge on any atom is -0.382 e. The summed E-state index contributed by atoms with van der Waals surface area (Å²) in [7, 11) is 0. The summed E-state index contributed by atoms with van der Waals surface area (Å²) in [6.07, 6.45) is 3.50. The van der Waals surface area contributed by atoms with Crippen molar-refractivity contribution in [2.75, 3.05) is 5.73 Å². The molecule has 0 atom stereocenters. The first-order chi connectivity index (χ1) is 8.24. The molecule has 84 valence electrons. The molecule has 0 aliphatic heterocycles. The van der Waals surface area contributed by atoms with Crippen LogP contribution >= 0.6 is 15.9 Å². The molecule has 3 N–H and O–H groups in total. The van der Waals surface area contributed by atoms with Gasteiger partial charge >= 0.3 is 0 Å². The van der Waals surface area contributed by atoms with Gasteiger partial charge in [0.05, 0.1) is 6.20 Å². The van der Waals surface area contributed by atoms with Crippen LogP contribution in [0.25, 0.3) is 22.2 Å². The molecule has 0 radical (unpaired) electrons. The topological polar surface area (TPSA) is 67.6 Å². The van der Waals surface area contributed by atoms with E-state index in [4.69, 9.17) is 5.73 Å². The summed E-state index contributed by atoms with van der Waals surface area (Å²) in [5, 5.41) is 1.13. The van der Waals surface area contributed by atoms with E-state index in [0.29, 0.717) is 16.1 Å². The van der Waals surface area contributed by atoms with E-state index in [9.17, 15) is 0 Å². The van der Waals surface area contributed by atoms with E-state index in [2.05, 4.69) is 30.9 Å². The van der Waals surface area contributed by atoms with Gasteiger partial charge in [-0.15, -0.1) is 0 Å². The first-order valence-electron chi connectivity index (χ1n) is 5.09. The Morgan fingerprint density at radius 2 is 2.12 bits per heavy atom. The Labute approximate surface area is 106 Å². The molecular weight excluding hydrogens is 280 g/mol. The molecule has 4 nitrogen and oxygen atoms in total. The van der Waals surface area contributed by atoms with Crippen LogP contribution in [0.3, 0.4) is 0 Å². The molecule has 0 aliphatic rings. The Morgan fingerprint density at radius 3 is 3.00 bits per heavy atom. The molecular formula is C12H9BrN4. The molecule has 3 aromatic rings. The quantitative estimate of drug-likeness (QED) is 0.723. The van der Waals surface area contributed by atoms with E-state index >= 15 is 0 Å². The van der Waals surface area contributed by atoms with Crippen molar-refractivity contribution in [1.29, 1.82) is 0 Å². The fourth-order valence-corrected chi connectivity index (χ4v) is 2.07. The predicted octanol–water partition coefficient (Wildman–Crippen LogP) is 2.97. The minimum atomic E-state index is 0.433. The van der Waals surface area contributed by atoms with Gasteiger partial charge < -0.3 is 10.7 Å². The van der Waals surface area contributed by atoms with Gasteiger partial charge in [-0.3, -0.25) is 0 Å². The third-order valence-electron chi connectivity index (χ3n) is 2.60. The third kappa shape index (κ3) is 1.78. The van der Waals surface area contributed by atoms with Gasteiger partial charge in [-0.05, 0) is 34.1 Å². The molecule has 0 amide bonds. The van der Waals surface area contributed by atoms with Crippen molar-refractivity contribution in [3.8, 4) is 11.3 Å². The van der Waals surface area contributed by atoms with Crippen LogP contribution in [0.15, 0.2) is 41.3 Å². The predicted molar refractivity (Wildman–Crippen MR) is 71.4 cm³/mol. The highest BCUT2D eigenvalue weighted by Gasteiger charge is 2.07. The first kappa shape index (κ1) is 10.3. The van der Waals surface area contributed by atoms with Gasteiger partial charge in [0.15, 0.2) is 0 Å². The molecule has 0 unspecified atom stereocenters. The van der Waals surface area contributed by atoms with Crippen molar-refractivity contribution < 1.29 is 0 Å². The van der Waals surface area contributed by atoms with Crippen molar-refractivity contribution in [2.24, 2.45) is 0 Å². The highest BCUT2D eigenvalue weighted by Crippen LogP contribution is 2.26. The van der Waals surface area contributed by atoms with Crippen LogP contribution in [-0.2, 0) is 0 Å². The molecule has 2 heterocycles. The van der Waals surface area contributed by atoms with Crippen LogP contribution in [-0.4, -0.2) is 15.0 Å². The Hall–Kier alpha value is -1.88. The van der Waals surface area contributed by atoms with Gasteiger partial charge in [-0.25, -0.2) is 9.97 Å². The van der Waals surface area contributed by atoms with Gasteiger partial charge in [0.2, 0.25) is 0 Å². The third-order valence-corrected chi connectivity index (χ3v) is 2.98. The zero-order chi connectivity index (χ0) is 11.8. The number of aromatic amines is 1. The number of nitrogens with zero attached hydrogens (tertiary/aromatic N) is 2. The highest BCUT2D eigenvalue weighted by molar-refractivity contribution is 9.10. The van der Waals surface area contributed by atoms with E-state index in [-0.39, 0.29) is 0 Å². The molecule has 0 spiro atoms. The number of fused-ring (bicyclic) bond motifs is 1. The van der Waals surface area contributed by atoms with Crippen LogP contribution in [0, 0.1) is 0 Å². The average molecular weight is 289 g/mol. The lowest BCUT2D eigenvalue weighted by Gasteiger charge is -2.04. The van der Waals surface area contributed by atoms with Crippen LogP contribution in [0.1, 0.15) is 0 Å². The fraction of sp³-hybridized carbons (Fsp3) is 0. The second kappa shape index (κ2) is 3.85. The number of hydrogen-bond acceptors (Lipinski definition) is 3. The zero-order valence-electron chi connectivity index (χ0n) is 8.81. The Kier molecular flexibility index (Phi) is 2.33. The van der Waals surface area contributed by atoms with Crippen molar-refractivity contribution in [1.82, 2.24) is 15.0 Å². The van der Waals surface area contributed by atoms with Gasteiger partial charge in [-0.2, -0.15) is 0 Å². The summed E-state index contributed by atoms with van der Waals surface area (Å²) in [5.41, 5.74) is 8.59. The Balaban J connectivity index is 2.22. The lowest BCUT2D eigenvalue weighted by atomic mass is 10.1. The SMILES string of the molecule is Nc1ncc(Br)nc1-c1ccc2[nH]ccc2c1. The summed E-state index contributed by atoms with van der Waals surface area (Å²) in [6, 6.07) is 8.04. The van der Waals surface area contributed by atoms with Crippen molar-refractivity contribution in [2.45, 2.75) is 0 Å². The lowest BCUT2D eigenvalue weighted by Crippen LogP contribution is -1.97. The van der Waals surface area contributed by atoms with Gasteiger partial charge in [0.25, 0.3) is 0 Å². The number of halogens is 1. The van der Waals surface area contributed by atoms with E-state index < -0.39 is 0 Å². The Morgan fingerprint density at radius 1 is 1.24 bits per heavy atom. The van der Waals surface area contributed by atoms with Crippen LogP contribution in [0.2, 0.25) is 0 Å². The van der Waals surface area contributed by atoms with E-state index in [0.717, 1.165) is 16.5 Å². The summed E-state index contributed by atoms with van der Waals surface area (Å²) >= 11 is 3.30. The van der Waals surface area contributed by atoms with E-state index in [1.54, 1.807) is 6.20 Å². The number of hydrogen-bond donors (Lipinski definition) is 2. The minimum absolute atomic E-state index is 0.433. The number of aromatic nitrogens is 3. The maximum atomic E-state index is 5.84. The monoisotopic (exact) mass is 288 g/mol. The molecule has 0 saturated heterocycles. The lowest BCUT2D eigenvalue weighted by molar-refractivity contribution is 1.18. The van der Waals surface area contributed by atoms with Gasteiger partial charge in [0, 0.05) is 22.7 Å². The Bertz CT molecular complexity index is 690. The van der Waals surface area contributed by atoms with Crippen molar-refractivity contribution in [3.05, 3.63) is 41.3 Å². The molecule has 0 saturated carbocycles. The van der Waals surface area contributed by atoms with Crippen LogP contribution in [0.5, 0.6) is 0 Å². The van der Waals surface area contributed by atoms with Crippen LogP contribution in [0.4, 0.5) is 5.82 Å². The molecule has 0 bridgehead atoms. The smallest absolute Gasteiger partial charge is 0.150 e. The fourth-order valence-electron chi connectivity index (χ4n) is 1.79. The number of nitrogens with one attached hydrogen (secondary N) is 1. The van der Waals surface area contributed by atoms with Crippen molar-refractivity contribution in [3.63, 3.8) is 0 Å². The maximum absolute atomic E-state index is 5.84. The molecule has 0 aliphatic carbocycles. The van der Waals surface area contributed by atoms with E-state index in [1.807, 2.05) is 30.5 Å². The zero-order valence-corrected chi connectivity index (χ0v) is 10.4. The van der Waals surface area contributed by atoms with Crippen LogP contribution < -0.4 is 5.73 Å². The number of benzene rings is 1. The molecule has 0 fully saturated rings. The number of nitrogens with two attached hydrogens (primary N) is 1. The second-order valence-corrected chi connectivity index (χ2v) is 4.52. The number of nitrogen functional groups attached to an aromatic ring is 1. The van der Waals surface area contributed by atoms with Gasteiger partial charge in [-0.1, -0.05) is 6.07 Å². The molecule has 17 heavy (non-hydrogen) atoms. The number of H-pyrrole nitrogens is 1. The number of anilines is 1. The summed E-state index contributed by atoms with van der Waals surface area (Å²) in [4.78, 5) is 11.6. The first-order valence-corrected chi connectivity index (χ1v) is 5.89. The standard InChI is InChI=1S/C12H9BrN4/c13-10-6-16-12(14)11(17-10)8-1-2-9-7(5-8)3-4-15-9/h1-6,15H,(H2,14,16). The second-order valence-electron chi connectivity index (χ2n) is 3.71. The summed E-state index contributed by atoms with van der Waals surface area (Å²) in [5.74, 6) is 0.433. The molecule has 3 rings (SSSR count). The normalized spacial score (nSPS) is 10.9. The van der Waals surface area contributed by atoms with Gasteiger partial charge in [0.1, 0.15) is 16.1 Å². The number of rotatable bonds is 1. The average Bonchev–Trinajstić information content (AvgIpc) is 2.79. The summed E-state index contributed by atoms with van der Waals surface area (Å²) < 4.78 is 0.677. The van der Waals surface area contributed by atoms with E-state index in [1.165, 1.54) is 0 Å². The van der Waals surface area contributed by atoms with Crippen molar-refractivity contribution >= 4 is 32.7 Å². The largest absolute Gasteiger partial charge is 0.382 e. The molecule has 2 aromatic heterocycles. The maximum Gasteiger partial charge on any atom is 0.150 e. The molecule has 1 aromatic carbocycles. The summed E-state index contributed by atoms with van der Waals surface area (Å²) in [6.45, 7) is 0.